The SMILES string of the molecule is CCCCc1ccc(S(=O)(=O)n2nc(C)c(Cl)c2C)cc1. The van der Waals surface area contributed by atoms with Gasteiger partial charge in [0.2, 0.25) is 0 Å². The molecule has 1 heterocycles. The van der Waals surface area contributed by atoms with E-state index in [4.69, 9.17) is 11.6 Å². The Hall–Kier alpha value is -1.33. The maximum atomic E-state index is 12.6. The van der Waals surface area contributed by atoms with Gasteiger partial charge >= 0.3 is 0 Å². The first-order valence-electron chi connectivity index (χ1n) is 6.94. The number of hydrogen-bond donors (Lipinski definition) is 0. The lowest BCUT2D eigenvalue weighted by molar-refractivity contribution is 0.577. The highest BCUT2D eigenvalue weighted by Gasteiger charge is 2.22. The second kappa shape index (κ2) is 6.20. The van der Waals surface area contributed by atoms with Crippen LogP contribution in [0.25, 0.3) is 0 Å². The standard InChI is InChI=1S/C15H19ClN2O2S/c1-4-5-6-13-7-9-14(10-8-13)21(19,20)18-12(3)15(16)11(2)17-18/h7-10H,4-6H2,1-3H3. The summed E-state index contributed by atoms with van der Waals surface area (Å²) in [6, 6.07) is 6.97. The van der Waals surface area contributed by atoms with Crippen molar-refractivity contribution in [3.05, 3.63) is 46.2 Å². The number of rotatable bonds is 5. The predicted molar refractivity (Wildman–Crippen MR) is 84.3 cm³/mol. The van der Waals surface area contributed by atoms with Crippen LogP contribution < -0.4 is 0 Å². The van der Waals surface area contributed by atoms with Gasteiger partial charge in [-0.25, -0.2) is 0 Å². The van der Waals surface area contributed by atoms with Crippen molar-refractivity contribution in [3.63, 3.8) is 0 Å². The first kappa shape index (κ1) is 16.0. The summed E-state index contributed by atoms with van der Waals surface area (Å²) in [4.78, 5) is 0.227. The number of halogens is 1. The molecule has 0 N–H and O–H groups in total. The molecule has 0 unspecified atom stereocenters. The Bertz CT molecular complexity index is 734. The third-order valence-corrected chi connectivity index (χ3v) is 5.66. The van der Waals surface area contributed by atoms with Crippen molar-refractivity contribution >= 4 is 21.6 Å². The van der Waals surface area contributed by atoms with Crippen LogP contribution >= 0.6 is 11.6 Å². The molecule has 0 fully saturated rings. The maximum Gasteiger partial charge on any atom is 0.283 e. The molecular formula is C15H19ClN2O2S. The van der Waals surface area contributed by atoms with E-state index < -0.39 is 10.0 Å². The van der Waals surface area contributed by atoms with Crippen molar-refractivity contribution in [1.29, 1.82) is 0 Å². The largest absolute Gasteiger partial charge is 0.283 e. The fourth-order valence-corrected chi connectivity index (χ4v) is 3.67. The lowest BCUT2D eigenvalue weighted by Crippen LogP contribution is -2.16. The molecular weight excluding hydrogens is 308 g/mol. The highest BCUT2D eigenvalue weighted by Crippen LogP contribution is 2.23. The van der Waals surface area contributed by atoms with Gasteiger partial charge in [0, 0.05) is 0 Å². The minimum absolute atomic E-state index is 0.227. The van der Waals surface area contributed by atoms with Crippen molar-refractivity contribution < 1.29 is 8.42 Å². The molecule has 0 aliphatic carbocycles. The molecule has 0 atom stereocenters. The molecule has 0 aliphatic heterocycles. The van der Waals surface area contributed by atoms with Crippen LogP contribution in [0.1, 0.15) is 36.7 Å². The Morgan fingerprint density at radius 3 is 2.29 bits per heavy atom. The van der Waals surface area contributed by atoms with E-state index in [2.05, 4.69) is 12.0 Å². The molecule has 0 saturated heterocycles. The number of benzene rings is 1. The number of hydrogen-bond acceptors (Lipinski definition) is 3. The summed E-state index contributed by atoms with van der Waals surface area (Å²) in [5.74, 6) is 0. The molecule has 21 heavy (non-hydrogen) atoms. The third kappa shape index (κ3) is 3.14. The smallest absolute Gasteiger partial charge is 0.199 e. The Kier molecular flexibility index (Phi) is 4.74. The number of aromatic nitrogens is 2. The van der Waals surface area contributed by atoms with E-state index in [-0.39, 0.29) is 4.90 Å². The summed E-state index contributed by atoms with van der Waals surface area (Å²) in [6.45, 7) is 5.47. The van der Waals surface area contributed by atoms with E-state index in [0.29, 0.717) is 16.4 Å². The average Bonchev–Trinajstić information content (AvgIpc) is 2.74. The van der Waals surface area contributed by atoms with E-state index in [9.17, 15) is 8.42 Å². The monoisotopic (exact) mass is 326 g/mol. The first-order chi connectivity index (χ1) is 9.87. The molecule has 114 valence electrons. The summed E-state index contributed by atoms with van der Waals surface area (Å²) in [5, 5.41) is 4.41. The zero-order valence-electron chi connectivity index (χ0n) is 12.4. The van der Waals surface area contributed by atoms with Gasteiger partial charge in [0.25, 0.3) is 10.0 Å². The van der Waals surface area contributed by atoms with Crippen LogP contribution in [-0.4, -0.2) is 17.6 Å². The zero-order chi connectivity index (χ0) is 15.6. The lowest BCUT2D eigenvalue weighted by Gasteiger charge is -2.07. The Morgan fingerprint density at radius 1 is 1.19 bits per heavy atom. The van der Waals surface area contributed by atoms with Crippen LogP contribution in [0, 0.1) is 13.8 Å². The zero-order valence-corrected chi connectivity index (χ0v) is 14.0. The molecule has 0 aliphatic rings. The van der Waals surface area contributed by atoms with Gasteiger partial charge in [0.05, 0.1) is 21.3 Å². The molecule has 0 saturated carbocycles. The second-order valence-electron chi connectivity index (χ2n) is 5.08. The second-order valence-corrected chi connectivity index (χ2v) is 7.23. The quantitative estimate of drug-likeness (QED) is 0.841. The van der Waals surface area contributed by atoms with Crippen molar-refractivity contribution in [2.45, 2.75) is 44.9 Å². The summed E-state index contributed by atoms with van der Waals surface area (Å²) in [6.07, 6.45) is 3.17. The minimum atomic E-state index is -3.69. The highest BCUT2D eigenvalue weighted by molar-refractivity contribution is 7.89. The molecule has 2 rings (SSSR count). The lowest BCUT2D eigenvalue weighted by atomic mass is 10.1. The van der Waals surface area contributed by atoms with Crippen molar-refractivity contribution in [2.75, 3.05) is 0 Å². The topological polar surface area (TPSA) is 52.0 Å². The van der Waals surface area contributed by atoms with Gasteiger partial charge < -0.3 is 0 Å². The summed E-state index contributed by atoms with van der Waals surface area (Å²) in [5.41, 5.74) is 2.09. The van der Waals surface area contributed by atoms with E-state index in [1.807, 2.05) is 12.1 Å². The minimum Gasteiger partial charge on any atom is -0.199 e. The fraction of sp³-hybridized carbons (Fsp3) is 0.400. The van der Waals surface area contributed by atoms with Gasteiger partial charge in [-0.3, -0.25) is 0 Å². The van der Waals surface area contributed by atoms with E-state index in [0.717, 1.165) is 28.9 Å². The fourth-order valence-electron chi connectivity index (χ4n) is 2.14. The van der Waals surface area contributed by atoms with Gasteiger partial charge in [0.15, 0.2) is 0 Å². The first-order valence-corrected chi connectivity index (χ1v) is 8.76. The summed E-state index contributed by atoms with van der Waals surface area (Å²) >= 11 is 6.03. The Labute approximate surface area is 130 Å². The van der Waals surface area contributed by atoms with Gasteiger partial charge in [0.1, 0.15) is 0 Å². The van der Waals surface area contributed by atoms with E-state index >= 15 is 0 Å². The normalized spacial score (nSPS) is 11.8. The van der Waals surface area contributed by atoms with Crippen LogP contribution in [0.5, 0.6) is 0 Å². The van der Waals surface area contributed by atoms with Crippen LogP contribution in [0.2, 0.25) is 5.02 Å². The van der Waals surface area contributed by atoms with Gasteiger partial charge in [-0.05, 0) is 44.4 Å². The molecule has 4 nitrogen and oxygen atoms in total. The van der Waals surface area contributed by atoms with Crippen molar-refractivity contribution in [3.8, 4) is 0 Å². The number of aryl methyl sites for hydroxylation is 2. The molecule has 1 aromatic carbocycles. The average molecular weight is 327 g/mol. The van der Waals surface area contributed by atoms with Gasteiger partial charge in [-0.15, -0.1) is 0 Å². The van der Waals surface area contributed by atoms with Gasteiger partial charge in [-0.2, -0.15) is 17.6 Å². The Morgan fingerprint density at radius 2 is 1.81 bits per heavy atom. The predicted octanol–water partition coefficient (Wildman–Crippen LogP) is 3.73. The summed E-state index contributed by atoms with van der Waals surface area (Å²) < 4.78 is 26.2. The molecule has 0 spiro atoms. The Balaban J connectivity index is 2.37. The van der Waals surface area contributed by atoms with E-state index in [1.54, 1.807) is 26.0 Å². The summed E-state index contributed by atoms with van der Waals surface area (Å²) in [7, 11) is -3.69. The molecule has 1 aromatic heterocycles. The third-order valence-electron chi connectivity index (χ3n) is 3.43. The molecule has 0 bridgehead atoms. The van der Waals surface area contributed by atoms with Crippen molar-refractivity contribution in [1.82, 2.24) is 9.19 Å². The molecule has 6 heteroatoms. The van der Waals surface area contributed by atoms with E-state index in [1.165, 1.54) is 0 Å². The molecule has 0 radical (unpaired) electrons. The number of nitrogens with zero attached hydrogens (tertiary/aromatic N) is 2. The maximum absolute atomic E-state index is 12.6. The van der Waals surface area contributed by atoms with Crippen LogP contribution in [-0.2, 0) is 16.4 Å². The van der Waals surface area contributed by atoms with Crippen molar-refractivity contribution in [2.24, 2.45) is 0 Å². The van der Waals surface area contributed by atoms with Crippen LogP contribution in [0.4, 0.5) is 0 Å². The van der Waals surface area contributed by atoms with Crippen LogP contribution in [0.15, 0.2) is 29.2 Å². The molecule has 2 aromatic rings. The van der Waals surface area contributed by atoms with Crippen LogP contribution in [0.3, 0.4) is 0 Å². The van der Waals surface area contributed by atoms with Gasteiger partial charge in [-0.1, -0.05) is 37.1 Å². The highest BCUT2D eigenvalue weighted by atomic mass is 35.5. The molecule has 0 amide bonds. The number of unbranched alkanes of at least 4 members (excludes halogenated alkanes) is 1.